The predicted octanol–water partition coefficient (Wildman–Crippen LogP) is 4.05. The van der Waals surface area contributed by atoms with E-state index in [0.717, 1.165) is 37.1 Å². The molecule has 0 aliphatic carbocycles. The molecule has 0 spiro atoms. The summed E-state index contributed by atoms with van der Waals surface area (Å²) >= 11 is 0. The van der Waals surface area contributed by atoms with Crippen molar-refractivity contribution in [2.45, 2.75) is 59.8 Å². The summed E-state index contributed by atoms with van der Waals surface area (Å²) in [5.74, 6) is 3.33. The van der Waals surface area contributed by atoms with E-state index < -0.39 is 0 Å². The van der Waals surface area contributed by atoms with Crippen LogP contribution in [0.1, 0.15) is 65.6 Å². The zero-order chi connectivity index (χ0) is 15.5. The van der Waals surface area contributed by atoms with E-state index in [1.807, 2.05) is 0 Å². The van der Waals surface area contributed by atoms with E-state index in [9.17, 15) is 0 Å². The van der Waals surface area contributed by atoms with E-state index in [-0.39, 0.29) is 0 Å². The summed E-state index contributed by atoms with van der Waals surface area (Å²) in [4.78, 5) is 11.9. The van der Waals surface area contributed by atoms with Crippen LogP contribution in [-0.4, -0.2) is 29.6 Å². The fourth-order valence-corrected chi connectivity index (χ4v) is 2.80. The van der Waals surface area contributed by atoms with Crippen LogP contribution in [0.25, 0.3) is 0 Å². The van der Waals surface area contributed by atoms with Crippen LogP contribution in [0.2, 0.25) is 0 Å². The molecule has 2 heterocycles. The van der Waals surface area contributed by atoms with Gasteiger partial charge in [-0.3, -0.25) is 0 Å². The lowest BCUT2D eigenvalue weighted by atomic mass is 9.85. The van der Waals surface area contributed by atoms with Crippen LogP contribution in [0, 0.1) is 5.41 Å². The molecular weight excluding hydrogens is 260 g/mol. The molecule has 0 unspecified atom stereocenters. The summed E-state index contributed by atoms with van der Waals surface area (Å²) in [5.41, 5.74) is 0.452. The van der Waals surface area contributed by atoms with Crippen LogP contribution in [0.15, 0.2) is 6.07 Å². The average Bonchev–Trinajstić information content (AvgIpc) is 2.59. The van der Waals surface area contributed by atoms with Crippen molar-refractivity contribution in [2.24, 2.45) is 5.41 Å². The normalized spacial score (nSPS) is 18.7. The van der Waals surface area contributed by atoms with Gasteiger partial charge < -0.3 is 10.2 Å². The second-order valence-corrected chi connectivity index (χ2v) is 7.16. The van der Waals surface area contributed by atoms with Crippen molar-refractivity contribution >= 4 is 11.6 Å². The Kier molecular flexibility index (Phi) is 5.07. The minimum Gasteiger partial charge on any atom is -0.370 e. The van der Waals surface area contributed by atoms with E-state index in [1.165, 1.54) is 19.3 Å². The number of hydrogen-bond donors (Lipinski definition) is 1. The van der Waals surface area contributed by atoms with Crippen LogP contribution < -0.4 is 10.2 Å². The van der Waals surface area contributed by atoms with Crippen molar-refractivity contribution in [1.29, 1.82) is 0 Å². The van der Waals surface area contributed by atoms with Gasteiger partial charge in [-0.25, -0.2) is 9.97 Å². The summed E-state index contributed by atoms with van der Waals surface area (Å²) < 4.78 is 0. The highest BCUT2D eigenvalue weighted by Gasteiger charge is 2.24. The van der Waals surface area contributed by atoms with E-state index in [1.54, 1.807) is 0 Å². The lowest BCUT2D eigenvalue weighted by Gasteiger charge is -2.25. The van der Waals surface area contributed by atoms with Gasteiger partial charge in [0.05, 0.1) is 0 Å². The second-order valence-electron chi connectivity index (χ2n) is 7.16. The number of rotatable bonds is 4. The van der Waals surface area contributed by atoms with Gasteiger partial charge >= 0.3 is 0 Å². The van der Waals surface area contributed by atoms with Gasteiger partial charge in [-0.2, -0.15) is 0 Å². The summed E-state index contributed by atoms with van der Waals surface area (Å²) in [6, 6.07) is 2.10. The Morgan fingerprint density at radius 3 is 2.67 bits per heavy atom. The summed E-state index contributed by atoms with van der Waals surface area (Å²) in [6.07, 6.45) is 3.76. The van der Waals surface area contributed by atoms with Crippen molar-refractivity contribution in [1.82, 2.24) is 9.97 Å². The molecule has 4 nitrogen and oxygen atoms in total. The number of nitrogens with one attached hydrogen (secondary N) is 1. The molecule has 0 atom stereocenters. The molecule has 0 amide bonds. The Morgan fingerprint density at radius 1 is 1.24 bits per heavy atom. The first-order chi connectivity index (χ1) is 9.91. The third-order valence-electron chi connectivity index (χ3n) is 4.27. The smallest absolute Gasteiger partial charge is 0.135 e. The lowest BCUT2D eigenvalue weighted by Crippen LogP contribution is -2.26. The topological polar surface area (TPSA) is 41.0 Å². The third kappa shape index (κ3) is 4.32. The second kappa shape index (κ2) is 6.63. The van der Waals surface area contributed by atoms with Gasteiger partial charge in [0, 0.05) is 31.6 Å². The summed E-state index contributed by atoms with van der Waals surface area (Å²) in [6.45, 7) is 14.2. The molecule has 1 aromatic heterocycles. The van der Waals surface area contributed by atoms with Gasteiger partial charge in [0.2, 0.25) is 0 Å². The molecule has 0 radical (unpaired) electrons. The maximum atomic E-state index is 4.80. The van der Waals surface area contributed by atoms with E-state index >= 15 is 0 Å². The number of aromatic nitrogens is 2. The summed E-state index contributed by atoms with van der Waals surface area (Å²) in [5, 5.41) is 3.34. The standard InChI is InChI=1S/C17H30N4/c1-6-18-14-12-15(20-16(19-14)13(2)3)21-10-7-8-17(4,5)9-11-21/h12-13H,6-11H2,1-5H3,(H,18,19,20). The van der Waals surface area contributed by atoms with Crippen LogP contribution in [0.4, 0.5) is 11.6 Å². The fraction of sp³-hybridized carbons (Fsp3) is 0.765. The molecule has 118 valence electrons. The molecule has 4 heteroatoms. The zero-order valence-electron chi connectivity index (χ0n) is 14.2. The Morgan fingerprint density at radius 2 is 2.00 bits per heavy atom. The number of nitrogens with zero attached hydrogens (tertiary/aromatic N) is 3. The van der Waals surface area contributed by atoms with Crippen molar-refractivity contribution in [3.05, 3.63) is 11.9 Å². The molecule has 2 rings (SSSR count). The van der Waals surface area contributed by atoms with Gasteiger partial charge in [0.25, 0.3) is 0 Å². The Balaban J connectivity index is 2.25. The molecular formula is C17H30N4. The first kappa shape index (κ1) is 16.1. The highest BCUT2D eigenvalue weighted by Crippen LogP contribution is 2.31. The quantitative estimate of drug-likeness (QED) is 0.908. The zero-order valence-corrected chi connectivity index (χ0v) is 14.2. The van der Waals surface area contributed by atoms with Crippen molar-refractivity contribution < 1.29 is 0 Å². The monoisotopic (exact) mass is 290 g/mol. The Bertz CT molecular complexity index is 468. The van der Waals surface area contributed by atoms with Gasteiger partial charge in [-0.15, -0.1) is 0 Å². The van der Waals surface area contributed by atoms with Crippen molar-refractivity contribution in [3.8, 4) is 0 Å². The molecule has 1 N–H and O–H groups in total. The first-order valence-electron chi connectivity index (χ1n) is 8.29. The Labute approximate surface area is 129 Å². The predicted molar refractivity (Wildman–Crippen MR) is 90.1 cm³/mol. The average molecular weight is 290 g/mol. The Hall–Kier alpha value is -1.32. The number of hydrogen-bond acceptors (Lipinski definition) is 4. The third-order valence-corrected chi connectivity index (χ3v) is 4.27. The van der Waals surface area contributed by atoms with Gasteiger partial charge in [0.15, 0.2) is 0 Å². The molecule has 0 aromatic carbocycles. The van der Waals surface area contributed by atoms with Crippen molar-refractivity contribution in [3.63, 3.8) is 0 Å². The lowest BCUT2D eigenvalue weighted by molar-refractivity contribution is 0.325. The number of anilines is 2. The molecule has 1 saturated heterocycles. The van der Waals surface area contributed by atoms with E-state index in [0.29, 0.717) is 11.3 Å². The van der Waals surface area contributed by atoms with Crippen molar-refractivity contribution in [2.75, 3.05) is 29.9 Å². The summed E-state index contributed by atoms with van der Waals surface area (Å²) in [7, 11) is 0. The highest BCUT2D eigenvalue weighted by molar-refractivity contribution is 5.49. The van der Waals surface area contributed by atoms with Crippen LogP contribution in [0.5, 0.6) is 0 Å². The molecule has 0 saturated carbocycles. The maximum absolute atomic E-state index is 4.80. The van der Waals surface area contributed by atoms with Crippen LogP contribution in [-0.2, 0) is 0 Å². The first-order valence-corrected chi connectivity index (χ1v) is 8.29. The van der Waals surface area contributed by atoms with E-state index in [4.69, 9.17) is 4.98 Å². The largest absolute Gasteiger partial charge is 0.370 e. The van der Waals surface area contributed by atoms with Crippen LogP contribution in [0.3, 0.4) is 0 Å². The van der Waals surface area contributed by atoms with E-state index in [2.05, 4.69) is 55.9 Å². The molecule has 1 aromatic rings. The van der Waals surface area contributed by atoms with Gasteiger partial charge in [-0.1, -0.05) is 27.7 Å². The SMILES string of the molecule is CCNc1cc(N2CCCC(C)(C)CC2)nc(C(C)C)n1. The fourth-order valence-electron chi connectivity index (χ4n) is 2.80. The van der Waals surface area contributed by atoms with Crippen LogP contribution >= 0.6 is 0 Å². The molecule has 21 heavy (non-hydrogen) atoms. The molecule has 1 fully saturated rings. The minimum atomic E-state index is 0.353. The molecule has 1 aliphatic heterocycles. The maximum Gasteiger partial charge on any atom is 0.135 e. The molecule has 1 aliphatic rings. The van der Waals surface area contributed by atoms with Gasteiger partial charge in [0.1, 0.15) is 17.5 Å². The minimum absolute atomic E-state index is 0.353. The van der Waals surface area contributed by atoms with Gasteiger partial charge in [-0.05, 0) is 31.6 Å². The molecule has 0 bridgehead atoms. The highest BCUT2D eigenvalue weighted by atomic mass is 15.2.